The van der Waals surface area contributed by atoms with E-state index >= 15 is 0 Å². The van der Waals surface area contributed by atoms with Crippen LogP contribution in [0.15, 0.2) is 53.0 Å². The van der Waals surface area contributed by atoms with Crippen LogP contribution in [0.3, 0.4) is 0 Å². The maximum atomic E-state index is 13.9. The Balaban J connectivity index is 2.36. The molecule has 2 rings (SSSR count). The highest BCUT2D eigenvalue weighted by molar-refractivity contribution is 9.10. The fourth-order valence-corrected chi connectivity index (χ4v) is 2.38. The number of hydrogen-bond acceptors (Lipinski definition) is 2. The summed E-state index contributed by atoms with van der Waals surface area (Å²) in [7, 11) is 0. The first kappa shape index (κ1) is 14.0. The second-order valence-corrected chi connectivity index (χ2v) is 5.52. The first-order chi connectivity index (χ1) is 9.05. The van der Waals surface area contributed by atoms with E-state index in [4.69, 9.17) is 0 Å². The van der Waals surface area contributed by atoms with Crippen LogP contribution in [0.1, 0.15) is 12.5 Å². The molecule has 0 aromatic heterocycles. The van der Waals surface area contributed by atoms with Crippen molar-refractivity contribution in [1.82, 2.24) is 0 Å². The third kappa shape index (κ3) is 3.14. The first-order valence-electron chi connectivity index (χ1n) is 5.95. The average molecular weight is 324 g/mol. The molecule has 0 saturated carbocycles. The fraction of sp³-hybridized carbons (Fsp3) is 0.200. The average Bonchev–Trinajstić information content (AvgIpc) is 2.39. The van der Waals surface area contributed by atoms with E-state index < -0.39 is 5.54 Å². The highest BCUT2D eigenvalue weighted by atomic mass is 79.9. The van der Waals surface area contributed by atoms with Crippen LogP contribution in [0.25, 0.3) is 0 Å². The molecule has 0 amide bonds. The van der Waals surface area contributed by atoms with Gasteiger partial charge in [0.25, 0.3) is 0 Å². The van der Waals surface area contributed by atoms with E-state index in [0.717, 1.165) is 10.2 Å². The quantitative estimate of drug-likeness (QED) is 0.894. The topological polar surface area (TPSA) is 32.3 Å². The van der Waals surface area contributed by atoms with E-state index in [0.29, 0.717) is 5.56 Å². The molecule has 0 aliphatic rings. The maximum absolute atomic E-state index is 13.9. The molecule has 2 N–H and O–H groups in total. The lowest BCUT2D eigenvalue weighted by Gasteiger charge is -2.31. The van der Waals surface area contributed by atoms with Gasteiger partial charge in [-0.3, -0.25) is 0 Å². The summed E-state index contributed by atoms with van der Waals surface area (Å²) >= 11 is 3.39. The molecule has 1 unspecified atom stereocenters. The van der Waals surface area contributed by atoms with Gasteiger partial charge in [-0.15, -0.1) is 0 Å². The lowest BCUT2D eigenvalue weighted by Crippen LogP contribution is -2.36. The summed E-state index contributed by atoms with van der Waals surface area (Å²) in [6.07, 6.45) is 0. The van der Waals surface area contributed by atoms with Crippen molar-refractivity contribution in [3.63, 3.8) is 0 Å². The molecule has 0 aliphatic carbocycles. The number of hydrogen-bond donors (Lipinski definition) is 2. The molecular weight excluding hydrogens is 309 g/mol. The molecule has 0 aliphatic heterocycles. The highest BCUT2D eigenvalue weighted by Gasteiger charge is 2.28. The Morgan fingerprint density at radius 2 is 1.95 bits per heavy atom. The van der Waals surface area contributed by atoms with Crippen LogP contribution in [-0.2, 0) is 5.54 Å². The summed E-state index contributed by atoms with van der Waals surface area (Å²) in [4.78, 5) is 0. The minimum absolute atomic E-state index is 0.208. The van der Waals surface area contributed by atoms with Crippen molar-refractivity contribution in [3.05, 3.63) is 64.4 Å². The zero-order valence-electron chi connectivity index (χ0n) is 10.5. The first-order valence-corrected chi connectivity index (χ1v) is 6.74. The molecule has 0 fully saturated rings. The molecule has 2 aromatic carbocycles. The zero-order chi connectivity index (χ0) is 13.9. The summed E-state index contributed by atoms with van der Waals surface area (Å²) in [5.74, 6) is -0.332. The maximum Gasteiger partial charge on any atom is 0.128 e. The van der Waals surface area contributed by atoms with Crippen molar-refractivity contribution in [3.8, 4) is 0 Å². The van der Waals surface area contributed by atoms with E-state index in [9.17, 15) is 9.50 Å². The summed E-state index contributed by atoms with van der Waals surface area (Å²) in [5, 5.41) is 12.8. The highest BCUT2D eigenvalue weighted by Crippen LogP contribution is 2.28. The third-order valence-electron chi connectivity index (χ3n) is 3.03. The molecule has 0 saturated heterocycles. The second kappa shape index (κ2) is 5.72. The molecular formula is C15H15BrFNO. The molecule has 0 spiro atoms. The van der Waals surface area contributed by atoms with E-state index in [1.54, 1.807) is 25.1 Å². The normalized spacial score (nSPS) is 13.9. The summed E-state index contributed by atoms with van der Waals surface area (Å²) in [6, 6.07) is 14.0. The Morgan fingerprint density at radius 3 is 2.58 bits per heavy atom. The number of aliphatic hydroxyl groups is 1. The molecule has 1 atom stereocenters. The standard InChI is InChI=1S/C15H15BrFNO/c1-15(10-19,13-7-2-3-8-14(13)17)18-12-6-4-5-11(16)9-12/h2-9,18-19H,10H2,1H3. The van der Waals surface area contributed by atoms with Gasteiger partial charge in [-0.2, -0.15) is 0 Å². The van der Waals surface area contributed by atoms with Gasteiger partial charge in [-0.1, -0.05) is 40.2 Å². The number of halogens is 2. The Bertz CT molecular complexity index is 576. The van der Waals surface area contributed by atoms with Crippen molar-refractivity contribution < 1.29 is 9.50 Å². The van der Waals surface area contributed by atoms with Crippen molar-refractivity contribution >= 4 is 21.6 Å². The molecule has 100 valence electrons. The Labute approximate surface area is 120 Å². The van der Waals surface area contributed by atoms with Crippen LogP contribution >= 0.6 is 15.9 Å². The number of benzene rings is 2. The molecule has 0 heterocycles. The van der Waals surface area contributed by atoms with Gasteiger partial charge in [-0.25, -0.2) is 4.39 Å². The van der Waals surface area contributed by atoms with Crippen molar-refractivity contribution in [2.45, 2.75) is 12.5 Å². The van der Waals surface area contributed by atoms with E-state index in [1.165, 1.54) is 6.07 Å². The van der Waals surface area contributed by atoms with Crippen LogP contribution < -0.4 is 5.32 Å². The van der Waals surface area contributed by atoms with Crippen LogP contribution in [0.2, 0.25) is 0 Å². The van der Waals surface area contributed by atoms with Crippen LogP contribution in [0, 0.1) is 5.82 Å². The van der Waals surface area contributed by atoms with Gasteiger partial charge in [0.2, 0.25) is 0 Å². The predicted octanol–water partition coefficient (Wildman–Crippen LogP) is 3.91. The molecule has 0 radical (unpaired) electrons. The second-order valence-electron chi connectivity index (χ2n) is 4.61. The summed E-state index contributed by atoms with van der Waals surface area (Å²) in [5.41, 5.74) is 0.387. The number of rotatable bonds is 4. The third-order valence-corrected chi connectivity index (χ3v) is 3.52. The molecule has 0 bridgehead atoms. The Morgan fingerprint density at radius 1 is 1.21 bits per heavy atom. The predicted molar refractivity (Wildman–Crippen MR) is 78.6 cm³/mol. The minimum atomic E-state index is -0.869. The van der Waals surface area contributed by atoms with Gasteiger partial charge in [0, 0.05) is 15.7 Å². The number of anilines is 1. The van der Waals surface area contributed by atoms with Crippen LogP contribution in [0.4, 0.5) is 10.1 Å². The molecule has 4 heteroatoms. The monoisotopic (exact) mass is 323 g/mol. The Kier molecular flexibility index (Phi) is 4.22. The summed E-state index contributed by atoms with van der Waals surface area (Å²) in [6.45, 7) is 1.56. The minimum Gasteiger partial charge on any atom is -0.394 e. The molecule has 19 heavy (non-hydrogen) atoms. The largest absolute Gasteiger partial charge is 0.394 e. The van der Waals surface area contributed by atoms with Crippen molar-refractivity contribution in [2.24, 2.45) is 0 Å². The number of aliphatic hydroxyl groups excluding tert-OH is 1. The SMILES string of the molecule is CC(CO)(Nc1cccc(Br)c1)c1ccccc1F. The van der Waals surface area contributed by atoms with Crippen molar-refractivity contribution in [2.75, 3.05) is 11.9 Å². The number of nitrogens with one attached hydrogen (secondary N) is 1. The van der Waals surface area contributed by atoms with E-state index in [-0.39, 0.29) is 12.4 Å². The molecule has 2 nitrogen and oxygen atoms in total. The summed E-state index contributed by atoms with van der Waals surface area (Å²) < 4.78 is 14.8. The molecule has 2 aromatic rings. The lowest BCUT2D eigenvalue weighted by molar-refractivity contribution is 0.220. The van der Waals surface area contributed by atoms with Crippen LogP contribution in [-0.4, -0.2) is 11.7 Å². The fourth-order valence-electron chi connectivity index (χ4n) is 1.99. The zero-order valence-corrected chi connectivity index (χ0v) is 12.1. The van der Waals surface area contributed by atoms with E-state index in [2.05, 4.69) is 21.2 Å². The lowest BCUT2D eigenvalue weighted by atomic mass is 9.92. The van der Waals surface area contributed by atoms with Crippen LogP contribution in [0.5, 0.6) is 0 Å². The van der Waals surface area contributed by atoms with E-state index in [1.807, 2.05) is 24.3 Å². The van der Waals surface area contributed by atoms with Gasteiger partial charge in [0.05, 0.1) is 12.1 Å². The van der Waals surface area contributed by atoms with Gasteiger partial charge in [0.1, 0.15) is 5.82 Å². The van der Waals surface area contributed by atoms with Gasteiger partial charge in [0.15, 0.2) is 0 Å². The van der Waals surface area contributed by atoms with Gasteiger partial charge in [-0.05, 0) is 31.2 Å². The van der Waals surface area contributed by atoms with Gasteiger partial charge >= 0.3 is 0 Å². The van der Waals surface area contributed by atoms with Crippen molar-refractivity contribution in [1.29, 1.82) is 0 Å². The van der Waals surface area contributed by atoms with Gasteiger partial charge < -0.3 is 10.4 Å². The smallest absolute Gasteiger partial charge is 0.128 e. The Hall–Kier alpha value is -1.39.